The third-order valence-corrected chi connectivity index (χ3v) is 3.45. The van der Waals surface area contributed by atoms with Crippen molar-refractivity contribution in [2.24, 2.45) is 0 Å². The van der Waals surface area contributed by atoms with Gasteiger partial charge in [-0.15, -0.1) is 0 Å². The first-order valence-corrected chi connectivity index (χ1v) is 6.93. The first kappa shape index (κ1) is 15.3. The number of rotatable bonds is 5. The molecule has 0 aliphatic rings. The van der Waals surface area contributed by atoms with Crippen molar-refractivity contribution in [3.05, 3.63) is 53.8 Å². The smallest absolute Gasteiger partial charge is 0.166 e. The maximum absolute atomic E-state index is 14.1. The SMILES string of the molecule is CNC(C)c1ccc(Oc2cccc(N(C)C)c2)c(F)c1. The van der Waals surface area contributed by atoms with Crippen LogP contribution in [0.4, 0.5) is 10.1 Å². The van der Waals surface area contributed by atoms with Crippen LogP contribution in [-0.4, -0.2) is 21.1 Å². The Labute approximate surface area is 125 Å². The number of hydrogen-bond donors (Lipinski definition) is 1. The molecule has 0 saturated heterocycles. The molecule has 0 radical (unpaired) electrons. The summed E-state index contributed by atoms with van der Waals surface area (Å²) in [6, 6.07) is 12.7. The highest BCUT2D eigenvalue weighted by Gasteiger charge is 2.10. The fraction of sp³-hybridized carbons (Fsp3) is 0.294. The summed E-state index contributed by atoms with van der Waals surface area (Å²) in [7, 11) is 5.75. The van der Waals surface area contributed by atoms with Gasteiger partial charge >= 0.3 is 0 Å². The van der Waals surface area contributed by atoms with Gasteiger partial charge in [0.2, 0.25) is 0 Å². The van der Waals surface area contributed by atoms with Gasteiger partial charge in [-0.05, 0) is 43.8 Å². The normalized spacial score (nSPS) is 12.0. The monoisotopic (exact) mass is 288 g/mol. The van der Waals surface area contributed by atoms with Crippen LogP contribution in [0.25, 0.3) is 0 Å². The highest BCUT2D eigenvalue weighted by Crippen LogP contribution is 2.28. The minimum atomic E-state index is -0.357. The molecule has 0 bridgehead atoms. The predicted octanol–water partition coefficient (Wildman–Crippen LogP) is 3.96. The van der Waals surface area contributed by atoms with E-state index < -0.39 is 0 Å². The number of benzene rings is 2. The minimum absolute atomic E-state index is 0.102. The Morgan fingerprint density at radius 3 is 2.52 bits per heavy atom. The van der Waals surface area contributed by atoms with E-state index in [4.69, 9.17) is 4.74 Å². The van der Waals surface area contributed by atoms with Gasteiger partial charge in [-0.3, -0.25) is 0 Å². The Bertz CT molecular complexity index is 613. The van der Waals surface area contributed by atoms with Crippen LogP contribution in [0.2, 0.25) is 0 Å². The summed E-state index contributed by atoms with van der Waals surface area (Å²) in [4.78, 5) is 1.97. The zero-order chi connectivity index (χ0) is 15.4. The highest BCUT2D eigenvalue weighted by molar-refractivity contribution is 5.50. The largest absolute Gasteiger partial charge is 0.454 e. The molecular weight excluding hydrogens is 267 g/mol. The van der Waals surface area contributed by atoms with Gasteiger partial charge < -0.3 is 15.0 Å². The average molecular weight is 288 g/mol. The topological polar surface area (TPSA) is 24.5 Å². The Kier molecular flexibility index (Phi) is 4.81. The molecule has 0 heterocycles. The van der Waals surface area contributed by atoms with E-state index in [1.165, 1.54) is 6.07 Å². The second-order valence-corrected chi connectivity index (χ2v) is 5.19. The summed E-state index contributed by atoms with van der Waals surface area (Å²) in [5.41, 5.74) is 1.90. The predicted molar refractivity (Wildman–Crippen MR) is 84.7 cm³/mol. The van der Waals surface area contributed by atoms with Crippen LogP contribution in [0.1, 0.15) is 18.5 Å². The number of halogens is 1. The molecule has 4 heteroatoms. The third kappa shape index (κ3) is 3.73. The maximum Gasteiger partial charge on any atom is 0.166 e. The van der Waals surface area contributed by atoms with Gasteiger partial charge in [-0.1, -0.05) is 12.1 Å². The highest BCUT2D eigenvalue weighted by atomic mass is 19.1. The number of nitrogens with zero attached hydrogens (tertiary/aromatic N) is 1. The molecule has 1 unspecified atom stereocenters. The maximum atomic E-state index is 14.1. The van der Waals surface area contributed by atoms with Crippen LogP contribution >= 0.6 is 0 Å². The van der Waals surface area contributed by atoms with Gasteiger partial charge in [0, 0.05) is 31.9 Å². The van der Waals surface area contributed by atoms with Crippen molar-refractivity contribution in [3.8, 4) is 11.5 Å². The molecule has 112 valence electrons. The van der Waals surface area contributed by atoms with Gasteiger partial charge in [0.25, 0.3) is 0 Å². The lowest BCUT2D eigenvalue weighted by Crippen LogP contribution is -2.12. The van der Waals surface area contributed by atoms with Crippen LogP contribution < -0.4 is 15.0 Å². The van der Waals surface area contributed by atoms with E-state index in [1.54, 1.807) is 6.07 Å². The molecule has 0 aliphatic heterocycles. The lowest BCUT2D eigenvalue weighted by atomic mass is 10.1. The van der Waals surface area contributed by atoms with Gasteiger partial charge in [0.15, 0.2) is 11.6 Å². The van der Waals surface area contributed by atoms with Gasteiger partial charge in [0.1, 0.15) is 5.75 Å². The Morgan fingerprint density at radius 1 is 1.14 bits per heavy atom. The number of nitrogens with one attached hydrogen (secondary N) is 1. The Morgan fingerprint density at radius 2 is 1.90 bits per heavy atom. The summed E-state index contributed by atoms with van der Waals surface area (Å²) in [6.45, 7) is 1.98. The second-order valence-electron chi connectivity index (χ2n) is 5.19. The zero-order valence-electron chi connectivity index (χ0n) is 12.9. The lowest BCUT2D eigenvalue weighted by Gasteiger charge is -2.15. The molecule has 1 N–H and O–H groups in total. The lowest BCUT2D eigenvalue weighted by molar-refractivity contribution is 0.441. The third-order valence-electron chi connectivity index (χ3n) is 3.45. The van der Waals surface area contributed by atoms with Crippen LogP contribution in [0, 0.1) is 5.82 Å². The molecule has 2 aromatic carbocycles. The molecule has 0 saturated carbocycles. The summed E-state index contributed by atoms with van der Waals surface area (Å²) in [5, 5.41) is 3.08. The van der Waals surface area contributed by atoms with Crippen molar-refractivity contribution in [2.75, 3.05) is 26.0 Å². The van der Waals surface area contributed by atoms with E-state index in [-0.39, 0.29) is 17.6 Å². The van der Waals surface area contributed by atoms with Gasteiger partial charge in [-0.25, -0.2) is 4.39 Å². The molecule has 2 aromatic rings. The molecule has 0 amide bonds. The number of hydrogen-bond acceptors (Lipinski definition) is 3. The van der Waals surface area contributed by atoms with Crippen molar-refractivity contribution in [1.82, 2.24) is 5.32 Å². The quantitative estimate of drug-likeness (QED) is 0.901. The molecule has 0 fully saturated rings. The number of ether oxygens (including phenoxy) is 1. The summed E-state index contributed by atoms with van der Waals surface area (Å²) < 4.78 is 19.8. The second kappa shape index (κ2) is 6.59. The van der Waals surface area contributed by atoms with E-state index >= 15 is 0 Å². The summed E-state index contributed by atoms with van der Waals surface area (Å²) >= 11 is 0. The van der Waals surface area contributed by atoms with Crippen molar-refractivity contribution < 1.29 is 9.13 Å². The summed E-state index contributed by atoms with van der Waals surface area (Å²) in [6.07, 6.45) is 0. The summed E-state index contributed by atoms with van der Waals surface area (Å²) in [5.74, 6) is 0.498. The molecule has 1 atom stereocenters. The standard InChI is InChI=1S/C17H21FN2O/c1-12(19-2)13-8-9-17(16(18)10-13)21-15-7-5-6-14(11-15)20(3)4/h5-12,19H,1-4H3. The zero-order valence-corrected chi connectivity index (χ0v) is 12.9. The van der Waals surface area contributed by atoms with E-state index in [0.29, 0.717) is 5.75 Å². The Balaban J connectivity index is 2.22. The first-order chi connectivity index (χ1) is 10.0. The van der Waals surface area contributed by atoms with Crippen molar-refractivity contribution in [2.45, 2.75) is 13.0 Å². The van der Waals surface area contributed by atoms with E-state index in [9.17, 15) is 4.39 Å². The van der Waals surface area contributed by atoms with E-state index in [1.807, 2.05) is 63.3 Å². The van der Waals surface area contributed by atoms with Crippen LogP contribution in [0.15, 0.2) is 42.5 Å². The molecular formula is C17H21FN2O. The van der Waals surface area contributed by atoms with Crippen LogP contribution in [0.5, 0.6) is 11.5 Å². The molecule has 21 heavy (non-hydrogen) atoms. The van der Waals surface area contributed by atoms with Gasteiger partial charge in [0.05, 0.1) is 0 Å². The van der Waals surface area contributed by atoms with Crippen LogP contribution in [-0.2, 0) is 0 Å². The molecule has 0 aromatic heterocycles. The average Bonchev–Trinajstić information content (AvgIpc) is 2.48. The number of anilines is 1. The first-order valence-electron chi connectivity index (χ1n) is 6.93. The van der Waals surface area contributed by atoms with E-state index in [2.05, 4.69) is 5.32 Å². The van der Waals surface area contributed by atoms with E-state index in [0.717, 1.165) is 11.3 Å². The van der Waals surface area contributed by atoms with Crippen molar-refractivity contribution >= 4 is 5.69 Å². The van der Waals surface area contributed by atoms with Crippen molar-refractivity contribution in [1.29, 1.82) is 0 Å². The molecule has 2 rings (SSSR count). The Hall–Kier alpha value is -2.07. The van der Waals surface area contributed by atoms with Crippen LogP contribution in [0.3, 0.4) is 0 Å². The molecule has 0 spiro atoms. The molecule has 0 aliphatic carbocycles. The minimum Gasteiger partial charge on any atom is -0.454 e. The fourth-order valence-corrected chi connectivity index (χ4v) is 1.99. The fourth-order valence-electron chi connectivity index (χ4n) is 1.99. The van der Waals surface area contributed by atoms with Crippen molar-refractivity contribution in [3.63, 3.8) is 0 Å². The van der Waals surface area contributed by atoms with Gasteiger partial charge in [-0.2, -0.15) is 0 Å². The molecule has 3 nitrogen and oxygen atoms in total.